The number of halogens is 1. The third-order valence-corrected chi connectivity index (χ3v) is 3.38. The highest BCUT2D eigenvalue weighted by atomic mass is 35.5. The summed E-state index contributed by atoms with van der Waals surface area (Å²) in [5.41, 5.74) is 1.20. The Hall–Kier alpha value is -0.770. The molecule has 4 heteroatoms. The Kier molecular flexibility index (Phi) is 4.26. The van der Waals surface area contributed by atoms with Crippen LogP contribution < -0.4 is 10.2 Å². The Labute approximate surface area is 107 Å². The molecule has 1 aromatic rings. The quantitative estimate of drug-likeness (QED) is 0.865. The Balaban J connectivity index is 2.06. The molecule has 3 nitrogen and oxygen atoms in total. The van der Waals surface area contributed by atoms with E-state index in [1.54, 1.807) is 0 Å². The van der Waals surface area contributed by atoms with Crippen LogP contribution in [-0.2, 0) is 0 Å². The van der Waals surface area contributed by atoms with Crippen molar-refractivity contribution in [3.8, 4) is 0 Å². The number of anilines is 1. The fourth-order valence-corrected chi connectivity index (χ4v) is 2.50. The van der Waals surface area contributed by atoms with Gasteiger partial charge in [0.15, 0.2) is 0 Å². The van der Waals surface area contributed by atoms with Crippen LogP contribution in [-0.4, -0.2) is 36.9 Å². The molecule has 0 spiro atoms. The number of aliphatic hydroxyl groups is 1. The molecule has 1 aliphatic heterocycles. The van der Waals surface area contributed by atoms with Crippen LogP contribution in [0.4, 0.5) is 5.69 Å². The van der Waals surface area contributed by atoms with Gasteiger partial charge in [-0.05, 0) is 37.6 Å². The van der Waals surface area contributed by atoms with E-state index in [4.69, 9.17) is 16.7 Å². The summed E-state index contributed by atoms with van der Waals surface area (Å²) in [6.07, 6.45) is 0.800. The SMILES string of the molecule is CC1CN(c2ccc(Cl)cc2)CC(CCO)N1. The molecular weight excluding hydrogens is 236 g/mol. The summed E-state index contributed by atoms with van der Waals surface area (Å²) in [7, 11) is 0. The molecule has 0 radical (unpaired) electrons. The molecule has 1 aliphatic rings. The maximum atomic E-state index is 9.02. The average molecular weight is 255 g/mol. The standard InChI is InChI=1S/C13H19ClN2O/c1-10-8-16(9-12(15-10)6-7-17)13-4-2-11(14)3-5-13/h2-5,10,12,15,17H,6-9H2,1H3. The van der Waals surface area contributed by atoms with E-state index in [1.165, 1.54) is 5.69 Å². The van der Waals surface area contributed by atoms with Gasteiger partial charge in [0.25, 0.3) is 0 Å². The van der Waals surface area contributed by atoms with Gasteiger partial charge in [-0.1, -0.05) is 11.6 Å². The minimum Gasteiger partial charge on any atom is -0.396 e. The van der Waals surface area contributed by atoms with Crippen molar-refractivity contribution in [2.75, 3.05) is 24.6 Å². The Morgan fingerprint density at radius 1 is 1.35 bits per heavy atom. The van der Waals surface area contributed by atoms with Gasteiger partial charge in [-0.15, -0.1) is 0 Å². The van der Waals surface area contributed by atoms with Crippen LogP contribution in [0.25, 0.3) is 0 Å². The summed E-state index contributed by atoms with van der Waals surface area (Å²) in [6.45, 7) is 4.33. The molecule has 1 saturated heterocycles. The molecular formula is C13H19ClN2O. The van der Waals surface area contributed by atoms with Crippen molar-refractivity contribution < 1.29 is 5.11 Å². The van der Waals surface area contributed by atoms with E-state index >= 15 is 0 Å². The van der Waals surface area contributed by atoms with E-state index in [9.17, 15) is 0 Å². The number of hydrogen-bond acceptors (Lipinski definition) is 3. The Morgan fingerprint density at radius 3 is 2.71 bits per heavy atom. The molecule has 2 unspecified atom stereocenters. The summed E-state index contributed by atoms with van der Waals surface area (Å²) < 4.78 is 0. The second kappa shape index (κ2) is 5.71. The highest BCUT2D eigenvalue weighted by Crippen LogP contribution is 2.20. The summed E-state index contributed by atoms with van der Waals surface area (Å²) >= 11 is 5.89. The van der Waals surface area contributed by atoms with Crippen LogP contribution in [0, 0.1) is 0 Å². The largest absolute Gasteiger partial charge is 0.396 e. The molecule has 94 valence electrons. The van der Waals surface area contributed by atoms with Gasteiger partial charge >= 0.3 is 0 Å². The molecule has 2 rings (SSSR count). The fourth-order valence-electron chi connectivity index (χ4n) is 2.37. The van der Waals surface area contributed by atoms with E-state index in [0.29, 0.717) is 12.1 Å². The maximum Gasteiger partial charge on any atom is 0.0446 e. The summed E-state index contributed by atoms with van der Waals surface area (Å²) in [5, 5.41) is 13.3. The fraction of sp³-hybridized carbons (Fsp3) is 0.538. The van der Waals surface area contributed by atoms with E-state index in [-0.39, 0.29) is 6.61 Å². The maximum absolute atomic E-state index is 9.02. The third-order valence-electron chi connectivity index (χ3n) is 3.12. The van der Waals surface area contributed by atoms with Crippen LogP contribution in [0.5, 0.6) is 0 Å². The van der Waals surface area contributed by atoms with Crippen molar-refractivity contribution >= 4 is 17.3 Å². The monoisotopic (exact) mass is 254 g/mol. The highest BCUT2D eigenvalue weighted by molar-refractivity contribution is 6.30. The first kappa shape index (κ1) is 12.7. The zero-order valence-corrected chi connectivity index (χ0v) is 10.8. The minimum absolute atomic E-state index is 0.235. The van der Waals surface area contributed by atoms with Crippen molar-refractivity contribution in [1.29, 1.82) is 0 Å². The van der Waals surface area contributed by atoms with Crippen LogP contribution >= 0.6 is 11.6 Å². The lowest BCUT2D eigenvalue weighted by molar-refractivity contribution is 0.250. The van der Waals surface area contributed by atoms with Crippen molar-refractivity contribution in [1.82, 2.24) is 5.32 Å². The van der Waals surface area contributed by atoms with Crippen molar-refractivity contribution in [2.45, 2.75) is 25.4 Å². The van der Waals surface area contributed by atoms with Gasteiger partial charge in [0.2, 0.25) is 0 Å². The molecule has 17 heavy (non-hydrogen) atoms. The molecule has 1 fully saturated rings. The number of piperazine rings is 1. The smallest absolute Gasteiger partial charge is 0.0446 e. The first-order valence-electron chi connectivity index (χ1n) is 6.06. The molecule has 1 heterocycles. The lowest BCUT2D eigenvalue weighted by Crippen LogP contribution is -2.55. The molecule has 2 atom stereocenters. The number of nitrogens with one attached hydrogen (secondary N) is 1. The second-order valence-electron chi connectivity index (χ2n) is 4.66. The van der Waals surface area contributed by atoms with Gasteiger partial charge < -0.3 is 15.3 Å². The number of benzene rings is 1. The predicted molar refractivity (Wildman–Crippen MR) is 71.8 cm³/mol. The number of nitrogens with zero attached hydrogens (tertiary/aromatic N) is 1. The number of hydrogen-bond donors (Lipinski definition) is 2. The van der Waals surface area contributed by atoms with Crippen LogP contribution in [0.3, 0.4) is 0 Å². The van der Waals surface area contributed by atoms with E-state index in [0.717, 1.165) is 24.5 Å². The van der Waals surface area contributed by atoms with Crippen LogP contribution in [0.1, 0.15) is 13.3 Å². The number of aliphatic hydroxyl groups excluding tert-OH is 1. The van der Waals surface area contributed by atoms with E-state index in [2.05, 4.69) is 29.3 Å². The highest BCUT2D eigenvalue weighted by Gasteiger charge is 2.23. The zero-order chi connectivity index (χ0) is 12.3. The Bertz CT molecular complexity index is 355. The minimum atomic E-state index is 0.235. The average Bonchev–Trinajstić information content (AvgIpc) is 2.29. The van der Waals surface area contributed by atoms with Crippen LogP contribution in [0.2, 0.25) is 5.02 Å². The van der Waals surface area contributed by atoms with Crippen molar-refractivity contribution in [2.24, 2.45) is 0 Å². The van der Waals surface area contributed by atoms with Crippen LogP contribution in [0.15, 0.2) is 24.3 Å². The molecule has 2 N–H and O–H groups in total. The second-order valence-corrected chi connectivity index (χ2v) is 5.09. The predicted octanol–water partition coefficient (Wildman–Crippen LogP) is 1.89. The van der Waals surface area contributed by atoms with Gasteiger partial charge in [-0.2, -0.15) is 0 Å². The van der Waals surface area contributed by atoms with Gasteiger partial charge in [-0.3, -0.25) is 0 Å². The van der Waals surface area contributed by atoms with Gasteiger partial charge in [-0.25, -0.2) is 0 Å². The zero-order valence-electron chi connectivity index (χ0n) is 10.1. The molecule has 0 bridgehead atoms. The van der Waals surface area contributed by atoms with Gasteiger partial charge in [0.05, 0.1) is 0 Å². The topological polar surface area (TPSA) is 35.5 Å². The number of rotatable bonds is 3. The Morgan fingerprint density at radius 2 is 2.06 bits per heavy atom. The molecule has 0 saturated carbocycles. The summed E-state index contributed by atoms with van der Waals surface area (Å²) in [4.78, 5) is 2.35. The van der Waals surface area contributed by atoms with Gasteiger partial charge in [0.1, 0.15) is 0 Å². The van der Waals surface area contributed by atoms with E-state index < -0.39 is 0 Å². The molecule has 0 amide bonds. The summed E-state index contributed by atoms with van der Waals surface area (Å²) in [5.74, 6) is 0. The summed E-state index contributed by atoms with van der Waals surface area (Å²) in [6, 6.07) is 8.75. The normalized spacial score (nSPS) is 25.0. The van der Waals surface area contributed by atoms with E-state index in [1.807, 2.05) is 12.1 Å². The lowest BCUT2D eigenvalue weighted by atomic mass is 10.1. The van der Waals surface area contributed by atoms with Crippen molar-refractivity contribution in [3.05, 3.63) is 29.3 Å². The van der Waals surface area contributed by atoms with Gasteiger partial charge in [0, 0.05) is 42.5 Å². The van der Waals surface area contributed by atoms with Crippen molar-refractivity contribution in [3.63, 3.8) is 0 Å². The molecule has 1 aromatic carbocycles. The molecule has 0 aromatic heterocycles. The lowest BCUT2D eigenvalue weighted by Gasteiger charge is -2.39. The molecule has 0 aliphatic carbocycles. The first-order chi connectivity index (χ1) is 8.19. The third kappa shape index (κ3) is 3.35. The first-order valence-corrected chi connectivity index (χ1v) is 6.44.